The molecule has 2 bridgehead atoms. The number of hydrogen-bond acceptors (Lipinski definition) is 3. The highest BCUT2D eigenvalue weighted by Gasteiger charge is 2.59. The van der Waals surface area contributed by atoms with E-state index in [-0.39, 0.29) is 5.97 Å². The molecule has 0 radical (unpaired) electrons. The molecule has 0 spiro atoms. The standard InChI is InChI=1S/C16H29NO2/c1-10-6-11(2)8-13-9-12(7-10)16(13,17)14(18)19-15(3,4)5/h10-13H,6-9,17H2,1-5H3. The van der Waals surface area contributed by atoms with E-state index in [0.29, 0.717) is 23.7 Å². The first-order valence-electron chi connectivity index (χ1n) is 7.65. The van der Waals surface area contributed by atoms with E-state index in [1.165, 1.54) is 6.42 Å². The molecule has 3 rings (SSSR count). The maximum atomic E-state index is 12.5. The van der Waals surface area contributed by atoms with Crippen molar-refractivity contribution in [3.8, 4) is 0 Å². The summed E-state index contributed by atoms with van der Waals surface area (Å²) in [5.74, 6) is 1.77. The average molecular weight is 267 g/mol. The molecular weight excluding hydrogens is 238 g/mol. The first-order chi connectivity index (χ1) is 8.63. The highest BCUT2D eigenvalue weighted by Crippen LogP contribution is 2.52. The van der Waals surface area contributed by atoms with Crippen LogP contribution in [0.4, 0.5) is 0 Å². The summed E-state index contributed by atoms with van der Waals surface area (Å²) in [6.45, 7) is 10.3. The van der Waals surface area contributed by atoms with Gasteiger partial charge in [0.2, 0.25) is 0 Å². The molecule has 3 aliphatic rings. The quantitative estimate of drug-likeness (QED) is 0.743. The zero-order chi connectivity index (χ0) is 14.4. The third kappa shape index (κ3) is 2.81. The Hall–Kier alpha value is -0.570. The second kappa shape index (κ2) is 4.76. The summed E-state index contributed by atoms with van der Waals surface area (Å²) < 4.78 is 5.58. The van der Waals surface area contributed by atoms with Crippen LogP contribution in [0.2, 0.25) is 0 Å². The van der Waals surface area contributed by atoms with Crippen LogP contribution in [0.5, 0.6) is 0 Å². The summed E-state index contributed by atoms with van der Waals surface area (Å²) in [5.41, 5.74) is 5.35. The third-order valence-corrected chi connectivity index (χ3v) is 4.85. The molecule has 0 aromatic carbocycles. The minimum Gasteiger partial charge on any atom is -0.459 e. The lowest BCUT2D eigenvalue weighted by Gasteiger charge is -2.55. The van der Waals surface area contributed by atoms with Gasteiger partial charge in [0.15, 0.2) is 0 Å². The molecule has 3 heteroatoms. The summed E-state index contributed by atoms with van der Waals surface area (Å²) in [6, 6.07) is 0. The lowest BCUT2D eigenvalue weighted by atomic mass is 9.52. The van der Waals surface area contributed by atoms with E-state index in [9.17, 15) is 4.79 Å². The summed E-state index contributed by atoms with van der Waals surface area (Å²) in [7, 11) is 0. The van der Waals surface area contributed by atoms with Crippen LogP contribution in [-0.4, -0.2) is 17.1 Å². The maximum absolute atomic E-state index is 12.5. The van der Waals surface area contributed by atoms with Crippen LogP contribution in [-0.2, 0) is 9.53 Å². The van der Waals surface area contributed by atoms with Crippen LogP contribution < -0.4 is 5.73 Å². The molecule has 0 aliphatic heterocycles. The Labute approximate surface area is 117 Å². The van der Waals surface area contributed by atoms with Gasteiger partial charge in [-0.15, -0.1) is 0 Å². The predicted molar refractivity (Wildman–Crippen MR) is 76.5 cm³/mol. The van der Waals surface area contributed by atoms with Crippen molar-refractivity contribution in [1.29, 1.82) is 0 Å². The minimum atomic E-state index is -0.726. The Kier molecular flexibility index (Phi) is 3.72. The first-order valence-corrected chi connectivity index (χ1v) is 7.65. The summed E-state index contributed by atoms with van der Waals surface area (Å²) in [5, 5.41) is 0. The molecule has 2 N–H and O–H groups in total. The molecule has 3 fully saturated rings. The van der Waals surface area contributed by atoms with Gasteiger partial charge in [0.1, 0.15) is 11.1 Å². The molecule has 0 saturated heterocycles. The number of hydrogen-bond donors (Lipinski definition) is 1. The molecule has 4 unspecified atom stereocenters. The Balaban J connectivity index is 2.15. The summed E-state index contributed by atoms with van der Waals surface area (Å²) in [4.78, 5) is 12.5. The highest BCUT2D eigenvalue weighted by atomic mass is 16.6. The maximum Gasteiger partial charge on any atom is 0.327 e. The number of carbonyl (C=O) groups is 1. The van der Waals surface area contributed by atoms with E-state index < -0.39 is 11.1 Å². The number of nitrogens with two attached hydrogens (primary N) is 1. The molecule has 0 amide bonds. The predicted octanol–water partition coefficient (Wildman–Crippen LogP) is 3.12. The van der Waals surface area contributed by atoms with Gasteiger partial charge in [0, 0.05) is 0 Å². The van der Waals surface area contributed by atoms with Gasteiger partial charge in [0.05, 0.1) is 0 Å². The summed E-state index contributed by atoms with van der Waals surface area (Å²) >= 11 is 0. The fraction of sp³-hybridized carbons (Fsp3) is 0.938. The third-order valence-electron chi connectivity index (χ3n) is 4.85. The van der Waals surface area contributed by atoms with Gasteiger partial charge in [0.25, 0.3) is 0 Å². The molecule has 4 atom stereocenters. The Morgan fingerprint density at radius 1 is 1.05 bits per heavy atom. The normalized spacial score (nSPS) is 42.8. The average Bonchev–Trinajstić information content (AvgIpc) is 2.21. The van der Waals surface area contributed by atoms with Crippen LogP contribution in [0.1, 0.15) is 60.3 Å². The van der Waals surface area contributed by atoms with Crippen molar-refractivity contribution in [3.63, 3.8) is 0 Å². The number of carbonyl (C=O) groups excluding carboxylic acids is 1. The zero-order valence-electron chi connectivity index (χ0n) is 13.0. The van der Waals surface area contributed by atoms with E-state index in [1.807, 2.05) is 20.8 Å². The van der Waals surface area contributed by atoms with Crippen LogP contribution in [0.15, 0.2) is 0 Å². The van der Waals surface area contributed by atoms with Crippen molar-refractivity contribution in [2.75, 3.05) is 0 Å². The van der Waals surface area contributed by atoms with Crippen molar-refractivity contribution in [1.82, 2.24) is 0 Å². The number of esters is 1. The second-order valence-corrected chi connectivity index (χ2v) is 7.98. The lowest BCUT2D eigenvalue weighted by molar-refractivity contribution is -0.177. The molecule has 3 aliphatic carbocycles. The fourth-order valence-corrected chi connectivity index (χ4v) is 4.04. The molecule has 110 valence electrons. The minimum absolute atomic E-state index is 0.178. The Morgan fingerprint density at radius 2 is 1.53 bits per heavy atom. The first kappa shape index (κ1) is 14.8. The molecule has 3 nitrogen and oxygen atoms in total. The van der Waals surface area contributed by atoms with Gasteiger partial charge in [-0.2, -0.15) is 0 Å². The zero-order valence-corrected chi connectivity index (χ0v) is 13.0. The molecule has 0 aromatic rings. The van der Waals surface area contributed by atoms with Crippen molar-refractivity contribution in [3.05, 3.63) is 0 Å². The smallest absolute Gasteiger partial charge is 0.327 e. The molecule has 3 saturated carbocycles. The summed E-state index contributed by atoms with van der Waals surface area (Å²) in [6.07, 6.45) is 4.50. The molecule has 0 heterocycles. The van der Waals surface area contributed by atoms with Crippen LogP contribution >= 0.6 is 0 Å². The highest BCUT2D eigenvalue weighted by molar-refractivity contribution is 5.83. The van der Waals surface area contributed by atoms with E-state index in [2.05, 4.69) is 13.8 Å². The van der Waals surface area contributed by atoms with E-state index in [1.54, 1.807) is 0 Å². The van der Waals surface area contributed by atoms with Crippen molar-refractivity contribution < 1.29 is 9.53 Å². The van der Waals surface area contributed by atoms with Crippen LogP contribution in [0.3, 0.4) is 0 Å². The second-order valence-electron chi connectivity index (χ2n) is 7.98. The Bertz CT molecular complexity index is 342. The van der Waals surface area contributed by atoms with Gasteiger partial charge in [-0.3, -0.25) is 4.79 Å². The van der Waals surface area contributed by atoms with Crippen LogP contribution in [0.25, 0.3) is 0 Å². The van der Waals surface area contributed by atoms with Crippen molar-refractivity contribution in [2.24, 2.45) is 29.4 Å². The van der Waals surface area contributed by atoms with Gasteiger partial charge in [-0.1, -0.05) is 13.8 Å². The molecule has 19 heavy (non-hydrogen) atoms. The lowest BCUT2D eigenvalue weighted by Crippen LogP contribution is -2.69. The number of fused-ring (bicyclic) bond motifs is 4. The van der Waals surface area contributed by atoms with E-state index in [4.69, 9.17) is 10.5 Å². The Morgan fingerprint density at radius 3 is 1.95 bits per heavy atom. The van der Waals surface area contributed by atoms with Crippen LogP contribution in [0, 0.1) is 23.7 Å². The number of ether oxygens (including phenoxy) is 1. The number of rotatable bonds is 1. The van der Waals surface area contributed by atoms with Gasteiger partial charge in [-0.05, 0) is 70.1 Å². The monoisotopic (exact) mass is 267 g/mol. The molecular formula is C16H29NO2. The van der Waals surface area contributed by atoms with Crippen molar-refractivity contribution >= 4 is 5.97 Å². The fourth-order valence-electron chi connectivity index (χ4n) is 4.04. The van der Waals surface area contributed by atoms with Gasteiger partial charge in [-0.25, -0.2) is 0 Å². The van der Waals surface area contributed by atoms with Crippen molar-refractivity contribution in [2.45, 2.75) is 71.4 Å². The topological polar surface area (TPSA) is 52.3 Å². The largest absolute Gasteiger partial charge is 0.459 e. The van der Waals surface area contributed by atoms with E-state index >= 15 is 0 Å². The van der Waals surface area contributed by atoms with Gasteiger partial charge < -0.3 is 10.5 Å². The van der Waals surface area contributed by atoms with E-state index in [0.717, 1.165) is 19.3 Å². The van der Waals surface area contributed by atoms with Gasteiger partial charge >= 0.3 is 5.97 Å². The molecule has 0 aromatic heterocycles. The SMILES string of the molecule is CC1CC(C)CC2CC(C1)C2(N)C(=O)OC(C)(C)C.